The maximum Gasteiger partial charge on any atom is 1.00 e. The number of nitrogens with zero attached hydrogens (tertiary/aromatic N) is 2. The number of amides is 4. The molecule has 12 aliphatic rings. The molecule has 2 saturated heterocycles. The van der Waals surface area contributed by atoms with Gasteiger partial charge >= 0.3 is 43.2 Å². The van der Waals surface area contributed by atoms with Crippen LogP contribution in [0.3, 0.4) is 0 Å². The van der Waals surface area contributed by atoms with Crippen molar-refractivity contribution < 1.29 is 53.1 Å². The topological polar surface area (TPSA) is 163 Å². The largest absolute Gasteiger partial charge is 1.00 e. The Morgan fingerprint density at radius 3 is 1.34 bits per heavy atom. The number of piperidine rings is 2. The van der Waals surface area contributed by atoms with Gasteiger partial charge in [0.15, 0.2) is 0 Å². The first-order valence-corrected chi connectivity index (χ1v) is 27.2. The van der Waals surface area contributed by atoms with Gasteiger partial charge in [-0.2, -0.15) is 19.2 Å². The van der Waals surface area contributed by atoms with Crippen LogP contribution in [-0.2, 0) is 30.0 Å². The standard InChI is InChI=1S/C27H37BrN2O.C25H33BrN2O.2CO2.Li.H2O/c1-2-4-19-16-27(24-22(19)5-3-6-23(24)28)7-9-30(10-8-27)26(31)29-25-20-12-17-11-18(14-20)15-21(25)13-17;1-15-14-25(22-20(15)3-2-4-21(22)26)5-7-28(8-6-25)24(29)27-23-18-10-16-9-17(12-18)13-19(23)11-16;2*2-1-3;;/h3,5-6,17-21,25H,2,4,7-16H2,1H3,(H,29,31);2-4,15-19,23H,5-14H2,1H3,(H,27,29);;;;1H2/q;;;;+1;/p-1. The normalized spacial score (nSPS) is 33.9. The van der Waals surface area contributed by atoms with E-state index in [9.17, 15) is 9.59 Å². The summed E-state index contributed by atoms with van der Waals surface area (Å²) < 4.78 is 2.56. The number of hydrogen-bond donors (Lipinski definition) is 2. The molecule has 2 atom stereocenters. The quantitative estimate of drug-likeness (QED) is 0.293. The summed E-state index contributed by atoms with van der Waals surface area (Å²) in [7, 11) is 0. The Morgan fingerprint density at radius 1 is 0.603 bits per heavy atom. The fourth-order valence-electron chi connectivity index (χ4n) is 17.0. The minimum atomic E-state index is 0. The molecule has 10 aliphatic carbocycles. The fourth-order valence-corrected chi connectivity index (χ4v) is 18.6. The molecule has 2 spiro atoms. The van der Waals surface area contributed by atoms with Crippen molar-refractivity contribution in [3.8, 4) is 0 Å². The monoisotopic (exact) mass is 1050 g/mol. The summed E-state index contributed by atoms with van der Waals surface area (Å²) in [5, 5.41) is 7.08. The van der Waals surface area contributed by atoms with Gasteiger partial charge in [0.2, 0.25) is 0 Å². The maximum absolute atomic E-state index is 13.3. The van der Waals surface area contributed by atoms with Crippen LogP contribution in [0.15, 0.2) is 45.3 Å². The van der Waals surface area contributed by atoms with E-state index in [1.807, 2.05) is 0 Å². The molecular formula is C54H71Br2LiN4O7. The summed E-state index contributed by atoms with van der Waals surface area (Å²) in [6.07, 6.45) is 23.8. The van der Waals surface area contributed by atoms with Crippen molar-refractivity contribution in [2.75, 3.05) is 26.2 Å². The summed E-state index contributed by atoms with van der Waals surface area (Å²) in [6, 6.07) is 14.8. The smallest absolute Gasteiger partial charge is 0.870 e. The number of likely N-dealkylation sites (tertiary alicyclic amines) is 2. The predicted octanol–water partition coefficient (Wildman–Crippen LogP) is 8.09. The van der Waals surface area contributed by atoms with E-state index in [1.165, 1.54) is 110 Å². The summed E-state index contributed by atoms with van der Waals surface area (Å²) in [6.45, 7) is 8.27. The number of benzene rings is 2. The Balaban J connectivity index is 0.000000176. The third-order valence-electron chi connectivity index (χ3n) is 19.1. The average Bonchev–Trinajstić information content (AvgIpc) is 3.75. The fraction of sp³-hybridized carbons (Fsp3) is 0.704. The van der Waals surface area contributed by atoms with Gasteiger partial charge in [-0.1, -0.05) is 76.4 Å². The minimum absolute atomic E-state index is 0. The number of rotatable bonds is 4. The SMILES string of the molecule is CC1CC2(CCN(C(=O)NC3C4CC5CC(C4)CC3C5)CC2)c2c(Br)cccc21.CCCC1CC2(CCN(C(=O)NC3C4CC5CC(C4)CC3C5)CC2)c2c(Br)cccc21.O=C=O.O=C=O.[Li+].[OH-]. The van der Waals surface area contributed by atoms with Crippen LogP contribution >= 0.6 is 31.9 Å². The average molecular weight is 1050 g/mol. The summed E-state index contributed by atoms with van der Waals surface area (Å²) in [5.74, 6) is 8.17. The molecule has 2 unspecified atom stereocenters. The Bertz CT molecular complexity index is 2110. The first-order valence-electron chi connectivity index (χ1n) is 25.6. The molecule has 364 valence electrons. The Hall–Kier alpha value is -2.74. The van der Waals surface area contributed by atoms with E-state index in [4.69, 9.17) is 19.2 Å². The number of urea groups is 2. The van der Waals surface area contributed by atoms with E-state index in [-0.39, 0.29) is 59.5 Å². The molecule has 11 nitrogen and oxygen atoms in total. The van der Waals surface area contributed by atoms with Crippen LogP contribution in [-0.4, -0.2) is 77.9 Å². The molecule has 68 heavy (non-hydrogen) atoms. The summed E-state index contributed by atoms with van der Waals surface area (Å²) in [5.41, 5.74) is 6.71. The van der Waals surface area contributed by atoms with Crippen LogP contribution in [0, 0.1) is 47.3 Å². The van der Waals surface area contributed by atoms with Crippen molar-refractivity contribution in [2.24, 2.45) is 47.3 Å². The molecule has 10 fully saturated rings. The summed E-state index contributed by atoms with van der Waals surface area (Å²) in [4.78, 5) is 63.2. The second-order valence-electron chi connectivity index (χ2n) is 22.7. The van der Waals surface area contributed by atoms with Crippen LogP contribution < -0.4 is 29.5 Å². The zero-order chi connectivity index (χ0) is 46.3. The number of carbonyl (C=O) groups excluding carboxylic acids is 6. The zero-order valence-electron chi connectivity index (χ0n) is 40.5. The molecule has 0 aromatic heterocycles. The van der Waals surface area contributed by atoms with E-state index in [0.29, 0.717) is 23.9 Å². The number of hydrogen-bond acceptors (Lipinski definition) is 7. The molecule has 8 saturated carbocycles. The number of halogens is 2. The molecule has 2 aliphatic heterocycles. The third kappa shape index (κ3) is 10.3. The van der Waals surface area contributed by atoms with Crippen LogP contribution in [0.2, 0.25) is 0 Å². The van der Waals surface area contributed by atoms with Crippen molar-refractivity contribution in [3.05, 3.63) is 67.6 Å². The number of fused-ring (bicyclic) bond motifs is 4. The van der Waals surface area contributed by atoms with Gasteiger partial charge in [-0.25, -0.2) is 9.59 Å². The molecule has 2 aromatic rings. The molecular weight excluding hydrogens is 983 g/mol. The van der Waals surface area contributed by atoms with E-state index in [2.05, 4.69) is 103 Å². The van der Waals surface area contributed by atoms with Crippen molar-refractivity contribution >= 4 is 56.2 Å². The Kier molecular flexibility index (Phi) is 17.4. The van der Waals surface area contributed by atoms with Gasteiger partial charge < -0.3 is 25.9 Å². The molecule has 14 heteroatoms. The van der Waals surface area contributed by atoms with Crippen LogP contribution in [0.25, 0.3) is 0 Å². The van der Waals surface area contributed by atoms with E-state index in [1.54, 1.807) is 11.1 Å². The molecule has 8 bridgehead atoms. The third-order valence-corrected chi connectivity index (χ3v) is 20.5. The van der Waals surface area contributed by atoms with Crippen LogP contribution in [0.4, 0.5) is 9.59 Å². The summed E-state index contributed by atoms with van der Waals surface area (Å²) >= 11 is 7.73. The van der Waals surface area contributed by atoms with E-state index < -0.39 is 0 Å². The molecule has 2 heterocycles. The minimum Gasteiger partial charge on any atom is -0.870 e. The van der Waals surface area contributed by atoms with Gasteiger partial charge in [0.25, 0.3) is 0 Å². The van der Waals surface area contributed by atoms with Crippen molar-refractivity contribution in [3.63, 3.8) is 0 Å². The molecule has 3 N–H and O–H groups in total. The van der Waals surface area contributed by atoms with Gasteiger partial charge in [0.05, 0.1) is 0 Å². The predicted molar refractivity (Wildman–Crippen MR) is 259 cm³/mol. The molecule has 0 radical (unpaired) electrons. The molecule has 4 amide bonds. The second-order valence-corrected chi connectivity index (χ2v) is 24.4. The Labute approximate surface area is 432 Å². The van der Waals surface area contributed by atoms with Crippen LogP contribution in [0.5, 0.6) is 0 Å². The first kappa shape index (κ1) is 53.1. The van der Waals surface area contributed by atoms with Gasteiger partial charge in [0, 0.05) is 58.0 Å². The van der Waals surface area contributed by atoms with Crippen molar-refractivity contribution in [1.29, 1.82) is 0 Å². The maximum atomic E-state index is 13.3. The van der Waals surface area contributed by atoms with Crippen molar-refractivity contribution in [1.82, 2.24) is 20.4 Å². The van der Waals surface area contributed by atoms with Crippen LogP contribution in [0.1, 0.15) is 164 Å². The second kappa shape index (κ2) is 22.4. The van der Waals surface area contributed by atoms with Crippen molar-refractivity contribution in [2.45, 2.75) is 164 Å². The number of carbonyl (C=O) groups is 2. The van der Waals surface area contributed by atoms with Gasteiger partial charge in [0.1, 0.15) is 0 Å². The molecule has 14 rings (SSSR count). The molecule has 2 aromatic carbocycles. The van der Waals surface area contributed by atoms with Gasteiger partial charge in [-0.15, -0.1) is 0 Å². The Morgan fingerprint density at radius 2 is 0.956 bits per heavy atom. The first-order chi connectivity index (χ1) is 31.9. The van der Waals surface area contributed by atoms with Gasteiger partial charge in [-0.05, 0) is 203 Å². The van der Waals surface area contributed by atoms with Gasteiger partial charge in [-0.3, -0.25) is 0 Å². The van der Waals surface area contributed by atoms with E-state index >= 15 is 0 Å². The van der Waals surface area contributed by atoms with E-state index in [0.717, 1.165) is 99.2 Å². The zero-order valence-corrected chi connectivity index (χ0v) is 43.7. The number of nitrogens with one attached hydrogen (secondary N) is 2.